The van der Waals surface area contributed by atoms with Gasteiger partial charge in [-0.15, -0.1) is 0 Å². The van der Waals surface area contributed by atoms with Crippen molar-refractivity contribution in [2.75, 3.05) is 20.8 Å². The fourth-order valence-electron chi connectivity index (χ4n) is 5.28. The predicted molar refractivity (Wildman–Crippen MR) is 103 cm³/mol. The van der Waals surface area contributed by atoms with Gasteiger partial charge in [-0.25, -0.2) is 4.99 Å². The SMILES string of the molecule is CCOCc1ccc2c(c1)C1(N=C(N)N(C)C1=O)C1(CCC(OC)CC1)C2. The summed E-state index contributed by atoms with van der Waals surface area (Å²) in [6.45, 7) is 3.19. The van der Waals surface area contributed by atoms with E-state index in [1.54, 1.807) is 14.2 Å². The Balaban J connectivity index is 1.82. The van der Waals surface area contributed by atoms with E-state index >= 15 is 0 Å². The Morgan fingerprint density at radius 3 is 2.67 bits per heavy atom. The highest BCUT2D eigenvalue weighted by Crippen LogP contribution is 2.61. The Hall–Kier alpha value is -1.92. The van der Waals surface area contributed by atoms with Crippen LogP contribution in [0.15, 0.2) is 23.2 Å². The molecule has 1 unspecified atom stereocenters. The molecular weight excluding hydrogens is 342 g/mol. The molecule has 6 heteroatoms. The average Bonchev–Trinajstić information content (AvgIpc) is 3.08. The molecule has 2 N–H and O–H groups in total. The van der Waals surface area contributed by atoms with Crippen molar-refractivity contribution in [2.24, 2.45) is 16.1 Å². The zero-order chi connectivity index (χ0) is 19.2. The number of benzene rings is 1. The van der Waals surface area contributed by atoms with Gasteiger partial charge in [-0.3, -0.25) is 9.69 Å². The van der Waals surface area contributed by atoms with Crippen LogP contribution in [0.3, 0.4) is 0 Å². The Bertz CT molecular complexity index is 783. The molecule has 0 bridgehead atoms. The van der Waals surface area contributed by atoms with Gasteiger partial charge in [0.1, 0.15) is 0 Å². The molecular formula is C21H29N3O3. The summed E-state index contributed by atoms with van der Waals surface area (Å²) in [7, 11) is 3.50. The maximum atomic E-state index is 13.5. The van der Waals surface area contributed by atoms with Gasteiger partial charge in [-0.2, -0.15) is 0 Å². The third-order valence-electron chi connectivity index (χ3n) is 6.80. The second kappa shape index (κ2) is 6.60. The number of nitrogens with zero attached hydrogens (tertiary/aromatic N) is 2. The molecule has 0 aromatic heterocycles. The van der Waals surface area contributed by atoms with Crippen molar-refractivity contribution in [3.05, 3.63) is 34.9 Å². The second-order valence-electron chi connectivity index (χ2n) is 8.07. The van der Waals surface area contributed by atoms with Gasteiger partial charge in [0.15, 0.2) is 11.5 Å². The van der Waals surface area contributed by atoms with Crippen LogP contribution in [0, 0.1) is 5.41 Å². The number of aliphatic imine (C=N–C) groups is 1. The number of rotatable bonds is 4. The highest BCUT2D eigenvalue weighted by molar-refractivity contribution is 6.08. The van der Waals surface area contributed by atoms with Crippen LogP contribution >= 0.6 is 0 Å². The monoisotopic (exact) mass is 371 g/mol. The van der Waals surface area contributed by atoms with Crippen LogP contribution in [0.1, 0.15) is 49.3 Å². The topological polar surface area (TPSA) is 77.2 Å². The van der Waals surface area contributed by atoms with Crippen LogP contribution in [0.2, 0.25) is 0 Å². The van der Waals surface area contributed by atoms with Crippen LogP contribution < -0.4 is 5.73 Å². The molecule has 1 aromatic carbocycles. The van der Waals surface area contributed by atoms with Crippen LogP contribution in [0.5, 0.6) is 0 Å². The van der Waals surface area contributed by atoms with E-state index in [0.717, 1.165) is 43.2 Å². The maximum absolute atomic E-state index is 13.5. The summed E-state index contributed by atoms with van der Waals surface area (Å²) in [5, 5.41) is 0. The zero-order valence-electron chi connectivity index (χ0n) is 16.5. The van der Waals surface area contributed by atoms with Crippen molar-refractivity contribution in [1.82, 2.24) is 4.90 Å². The van der Waals surface area contributed by atoms with Crippen LogP contribution in [-0.2, 0) is 32.8 Å². The molecule has 146 valence electrons. The molecule has 1 heterocycles. The number of amides is 1. The first-order valence-electron chi connectivity index (χ1n) is 9.84. The van der Waals surface area contributed by atoms with E-state index in [1.165, 1.54) is 10.5 Å². The normalized spacial score (nSPS) is 32.4. The minimum Gasteiger partial charge on any atom is -0.381 e. The number of ether oxygens (including phenoxy) is 2. The van der Waals surface area contributed by atoms with Gasteiger partial charge >= 0.3 is 0 Å². The van der Waals surface area contributed by atoms with Gasteiger partial charge < -0.3 is 15.2 Å². The fourth-order valence-corrected chi connectivity index (χ4v) is 5.28. The number of hydrogen-bond donors (Lipinski definition) is 1. The molecule has 4 rings (SSSR count). The Kier molecular flexibility index (Phi) is 4.51. The number of fused-ring (bicyclic) bond motifs is 3. The quantitative estimate of drug-likeness (QED) is 0.881. The molecule has 27 heavy (non-hydrogen) atoms. The number of guanidine groups is 1. The molecule has 1 aromatic rings. The average molecular weight is 371 g/mol. The second-order valence-corrected chi connectivity index (χ2v) is 8.07. The number of carbonyl (C=O) groups is 1. The van der Waals surface area contributed by atoms with Gasteiger partial charge in [0.05, 0.1) is 12.7 Å². The number of methoxy groups -OCH3 is 1. The summed E-state index contributed by atoms with van der Waals surface area (Å²) in [6.07, 6.45) is 4.86. The molecule has 2 spiro atoms. The first-order valence-corrected chi connectivity index (χ1v) is 9.84. The fraction of sp³-hybridized carbons (Fsp3) is 0.619. The Morgan fingerprint density at radius 2 is 2.07 bits per heavy atom. The number of hydrogen-bond acceptors (Lipinski definition) is 5. The summed E-state index contributed by atoms with van der Waals surface area (Å²) in [5.41, 5.74) is 8.34. The van der Waals surface area contributed by atoms with Crippen molar-refractivity contribution < 1.29 is 14.3 Å². The maximum Gasteiger partial charge on any atom is 0.262 e. The zero-order valence-corrected chi connectivity index (χ0v) is 16.5. The van der Waals surface area contributed by atoms with Crippen LogP contribution in [0.4, 0.5) is 0 Å². The molecule has 1 saturated carbocycles. The highest BCUT2D eigenvalue weighted by Gasteiger charge is 2.66. The van der Waals surface area contributed by atoms with Crippen molar-refractivity contribution >= 4 is 11.9 Å². The molecule has 2 aliphatic carbocycles. The summed E-state index contributed by atoms with van der Waals surface area (Å²) < 4.78 is 11.2. The largest absolute Gasteiger partial charge is 0.381 e. The van der Waals surface area contributed by atoms with Crippen molar-refractivity contribution in [3.63, 3.8) is 0 Å². The van der Waals surface area contributed by atoms with E-state index in [2.05, 4.69) is 18.2 Å². The first kappa shape index (κ1) is 18.4. The summed E-state index contributed by atoms with van der Waals surface area (Å²) in [4.78, 5) is 19.9. The van der Waals surface area contributed by atoms with E-state index in [0.29, 0.717) is 19.2 Å². The lowest BCUT2D eigenvalue weighted by atomic mass is 9.61. The molecule has 1 fully saturated rings. The number of nitrogens with two attached hydrogens (primary N) is 1. The van der Waals surface area contributed by atoms with Gasteiger partial charge in [0.2, 0.25) is 0 Å². The number of carbonyl (C=O) groups excluding carboxylic acids is 1. The summed E-state index contributed by atoms with van der Waals surface area (Å²) >= 11 is 0. The van der Waals surface area contributed by atoms with Crippen LogP contribution in [-0.4, -0.2) is 43.6 Å². The van der Waals surface area contributed by atoms with Crippen molar-refractivity contribution in [1.29, 1.82) is 0 Å². The third kappa shape index (κ3) is 2.53. The third-order valence-corrected chi connectivity index (χ3v) is 6.80. The van der Waals surface area contributed by atoms with E-state index in [9.17, 15) is 4.79 Å². The molecule has 1 amide bonds. The van der Waals surface area contributed by atoms with Gasteiger partial charge in [-0.05, 0) is 55.7 Å². The molecule has 1 atom stereocenters. The summed E-state index contributed by atoms with van der Waals surface area (Å²) in [5.74, 6) is 0.319. The van der Waals surface area contributed by atoms with E-state index in [1.807, 2.05) is 6.92 Å². The van der Waals surface area contributed by atoms with E-state index < -0.39 is 5.54 Å². The highest BCUT2D eigenvalue weighted by atomic mass is 16.5. The van der Waals surface area contributed by atoms with Crippen molar-refractivity contribution in [2.45, 2.75) is 57.3 Å². The van der Waals surface area contributed by atoms with E-state index in [4.69, 9.17) is 20.2 Å². The standard InChI is InChI=1S/C21H29N3O3/c1-4-27-13-14-5-6-15-12-20(9-7-16(26-3)8-10-20)21(17(15)11-14)18(25)24(2)19(22)23-21/h5-6,11,16H,4,7-10,12-13H2,1-3H3,(H2,22,23). The molecule has 3 aliphatic rings. The van der Waals surface area contributed by atoms with Crippen molar-refractivity contribution in [3.8, 4) is 0 Å². The number of likely N-dealkylation sites (N-methyl/N-ethyl adjacent to an activating group) is 1. The van der Waals surface area contributed by atoms with Gasteiger partial charge in [0.25, 0.3) is 5.91 Å². The Morgan fingerprint density at radius 1 is 1.33 bits per heavy atom. The molecule has 6 nitrogen and oxygen atoms in total. The molecule has 0 saturated heterocycles. The smallest absolute Gasteiger partial charge is 0.262 e. The minimum absolute atomic E-state index is 0.00294. The molecule has 1 aliphatic heterocycles. The van der Waals surface area contributed by atoms with Crippen LogP contribution in [0.25, 0.3) is 0 Å². The lowest BCUT2D eigenvalue weighted by Crippen LogP contribution is -2.51. The predicted octanol–water partition coefficient (Wildman–Crippen LogP) is 2.34. The summed E-state index contributed by atoms with van der Waals surface area (Å²) in [6, 6.07) is 6.38. The Labute approximate surface area is 160 Å². The lowest BCUT2D eigenvalue weighted by molar-refractivity contribution is -0.137. The molecule has 0 radical (unpaired) electrons. The van der Waals surface area contributed by atoms with E-state index in [-0.39, 0.29) is 17.4 Å². The lowest BCUT2D eigenvalue weighted by Gasteiger charge is -2.45. The minimum atomic E-state index is -0.901. The first-order chi connectivity index (χ1) is 13.0. The van der Waals surface area contributed by atoms with Gasteiger partial charge in [-0.1, -0.05) is 18.2 Å². The van der Waals surface area contributed by atoms with Gasteiger partial charge in [0, 0.05) is 26.2 Å².